The molecule has 0 aliphatic carbocycles. The molecule has 8 nitrogen and oxygen atoms in total. The van der Waals surface area contributed by atoms with Crippen molar-refractivity contribution in [2.45, 2.75) is 0 Å². The molecule has 0 aromatic heterocycles. The molecule has 0 radical (unpaired) electrons. The molecule has 0 spiro atoms. The van der Waals surface area contributed by atoms with Crippen LogP contribution in [0.4, 0.5) is 11.4 Å². The lowest BCUT2D eigenvalue weighted by molar-refractivity contribution is -0.384. The van der Waals surface area contributed by atoms with Crippen LogP contribution < -0.4 is 10.2 Å². The number of hydrogen-bond acceptors (Lipinski definition) is 6. The maximum absolute atomic E-state index is 10.7. The van der Waals surface area contributed by atoms with Gasteiger partial charge in [0.05, 0.1) is 18.1 Å². The number of rotatable bonds is 6. The fourth-order valence-electron chi connectivity index (χ4n) is 1.05. The molecule has 0 saturated heterocycles. The number of carboxylic acid groups (broad SMARTS) is 1. The number of benzene rings is 1. The van der Waals surface area contributed by atoms with Gasteiger partial charge in [0, 0.05) is 0 Å². The third kappa shape index (κ3) is 3.61. The van der Waals surface area contributed by atoms with Crippen LogP contribution in [-0.2, 0) is 9.63 Å². The fraction of sp³-hybridized carbons (Fsp3) is 0.222. The molecule has 0 fully saturated rings. The highest BCUT2D eigenvalue weighted by molar-refractivity contribution is 5.68. The first-order valence-electron chi connectivity index (χ1n) is 4.46. The van der Waals surface area contributed by atoms with E-state index >= 15 is 0 Å². The number of nitro groups is 1. The van der Waals surface area contributed by atoms with Crippen molar-refractivity contribution in [1.29, 1.82) is 0 Å². The monoisotopic (exact) mass is 242 g/mol. The molecule has 0 saturated carbocycles. The van der Waals surface area contributed by atoms with Gasteiger partial charge >= 0.3 is 5.97 Å². The smallest absolute Gasteiger partial charge is 0.332 e. The Balaban J connectivity index is 2.83. The molecule has 92 valence electrons. The molecular weight excluding hydrogens is 232 g/mol. The van der Waals surface area contributed by atoms with Crippen LogP contribution in [0.1, 0.15) is 0 Å². The van der Waals surface area contributed by atoms with E-state index in [-0.39, 0.29) is 11.4 Å². The van der Waals surface area contributed by atoms with Crippen LogP contribution in [0, 0.1) is 10.1 Å². The van der Waals surface area contributed by atoms with E-state index < -0.39 is 17.5 Å². The van der Waals surface area contributed by atoms with Crippen molar-refractivity contribution < 1.29 is 24.4 Å². The number of anilines is 1. The van der Waals surface area contributed by atoms with Crippen molar-refractivity contribution in [2.24, 2.45) is 0 Å². The quantitative estimate of drug-likeness (QED) is 0.566. The summed E-state index contributed by atoms with van der Waals surface area (Å²) in [5, 5.41) is 19.1. The molecule has 2 N–H and O–H groups in total. The number of carbonyl (C=O) groups is 1. The van der Waals surface area contributed by atoms with Crippen LogP contribution in [0.5, 0.6) is 5.75 Å². The van der Waals surface area contributed by atoms with Crippen LogP contribution in [0.15, 0.2) is 18.2 Å². The van der Waals surface area contributed by atoms with Crippen LogP contribution >= 0.6 is 0 Å². The van der Waals surface area contributed by atoms with E-state index in [1.165, 1.54) is 25.3 Å². The molecule has 0 unspecified atom stereocenters. The summed E-state index contributed by atoms with van der Waals surface area (Å²) in [6.07, 6.45) is 0. The standard InChI is InChI=1S/C9H10N2O6/c1-16-6-2-3-7(8(4-6)11(14)15)10-17-5-9(12)13/h2-4,10H,5H2,1H3,(H,12,13). The SMILES string of the molecule is COc1ccc(NOCC(=O)O)c([N+](=O)[O-])c1. The molecule has 8 heteroatoms. The highest BCUT2D eigenvalue weighted by Gasteiger charge is 2.15. The Morgan fingerprint density at radius 2 is 2.29 bits per heavy atom. The zero-order valence-corrected chi connectivity index (χ0v) is 8.87. The van der Waals surface area contributed by atoms with Gasteiger partial charge in [0.25, 0.3) is 5.69 Å². The number of nitrogens with one attached hydrogen (secondary N) is 1. The second-order valence-electron chi connectivity index (χ2n) is 2.92. The van der Waals surface area contributed by atoms with Gasteiger partial charge in [0.1, 0.15) is 11.4 Å². The van der Waals surface area contributed by atoms with Crippen LogP contribution in [0.3, 0.4) is 0 Å². The normalized spacial score (nSPS) is 9.71. The minimum Gasteiger partial charge on any atom is -0.496 e. The van der Waals surface area contributed by atoms with E-state index in [2.05, 4.69) is 10.3 Å². The van der Waals surface area contributed by atoms with Crippen LogP contribution in [0.25, 0.3) is 0 Å². The van der Waals surface area contributed by atoms with E-state index in [0.717, 1.165) is 0 Å². The van der Waals surface area contributed by atoms with E-state index in [0.29, 0.717) is 5.75 Å². The first-order chi connectivity index (χ1) is 8.04. The molecule has 0 heterocycles. The molecule has 17 heavy (non-hydrogen) atoms. The maximum Gasteiger partial charge on any atom is 0.332 e. The Morgan fingerprint density at radius 3 is 2.82 bits per heavy atom. The molecular formula is C9H10N2O6. The lowest BCUT2D eigenvalue weighted by atomic mass is 10.2. The summed E-state index contributed by atoms with van der Waals surface area (Å²) in [4.78, 5) is 24.8. The molecule has 0 aliphatic heterocycles. The minimum atomic E-state index is -1.19. The van der Waals surface area contributed by atoms with Gasteiger partial charge in [-0.1, -0.05) is 0 Å². The van der Waals surface area contributed by atoms with E-state index in [9.17, 15) is 14.9 Å². The highest BCUT2D eigenvalue weighted by Crippen LogP contribution is 2.28. The third-order valence-corrected chi connectivity index (χ3v) is 1.78. The Labute approximate surface area is 95.9 Å². The van der Waals surface area contributed by atoms with Crippen molar-refractivity contribution in [3.63, 3.8) is 0 Å². The number of methoxy groups -OCH3 is 1. The third-order valence-electron chi connectivity index (χ3n) is 1.78. The molecule has 1 aromatic carbocycles. The first kappa shape index (κ1) is 12.7. The summed E-state index contributed by atoms with van der Waals surface area (Å²) < 4.78 is 4.84. The molecule has 1 aromatic rings. The number of aliphatic carboxylic acids is 1. The second-order valence-corrected chi connectivity index (χ2v) is 2.92. The largest absolute Gasteiger partial charge is 0.496 e. The summed E-state index contributed by atoms with van der Waals surface area (Å²) >= 11 is 0. The van der Waals surface area contributed by atoms with E-state index in [1.807, 2.05) is 0 Å². The topological polar surface area (TPSA) is 111 Å². The summed E-state index contributed by atoms with van der Waals surface area (Å²) in [6.45, 7) is -0.608. The average Bonchev–Trinajstić information content (AvgIpc) is 2.28. The predicted octanol–water partition coefficient (Wildman–Crippen LogP) is 1.03. The van der Waals surface area contributed by atoms with Gasteiger partial charge in [-0.05, 0) is 12.1 Å². The second kappa shape index (κ2) is 5.66. The number of ether oxygens (including phenoxy) is 1. The van der Waals surface area contributed by atoms with E-state index in [4.69, 9.17) is 9.84 Å². The summed E-state index contributed by atoms with van der Waals surface area (Å²) in [7, 11) is 1.38. The van der Waals surface area contributed by atoms with Crippen molar-refractivity contribution in [3.8, 4) is 5.75 Å². The summed E-state index contributed by atoms with van der Waals surface area (Å²) in [5.41, 5.74) is 1.98. The molecule has 0 atom stereocenters. The van der Waals surface area contributed by atoms with Gasteiger partial charge in [-0.3, -0.25) is 20.4 Å². The van der Waals surface area contributed by atoms with Crippen molar-refractivity contribution in [1.82, 2.24) is 0 Å². The highest BCUT2D eigenvalue weighted by atomic mass is 16.7. The van der Waals surface area contributed by atoms with E-state index in [1.54, 1.807) is 0 Å². The zero-order chi connectivity index (χ0) is 12.8. The fourth-order valence-corrected chi connectivity index (χ4v) is 1.05. The Kier molecular flexibility index (Phi) is 4.23. The molecule has 0 aliphatic rings. The Bertz CT molecular complexity index is 433. The summed E-state index contributed by atoms with van der Waals surface area (Å²) in [6, 6.07) is 4.05. The van der Waals surface area contributed by atoms with Gasteiger partial charge < -0.3 is 9.84 Å². The van der Waals surface area contributed by atoms with Gasteiger partial charge in [0.2, 0.25) is 0 Å². The number of nitrogens with zero attached hydrogens (tertiary/aromatic N) is 1. The minimum absolute atomic E-state index is 0.0528. The van der Waals surface area contributed by atoms with Crippen molar-refractivity contribution in [3.05, 3.63) is 28.3 Å². The van der Waals surface area contributed by atoms with Gasteiger partial charge in [0.15, 0.2) is 6.61 Å². The van der Waals surface area contributed by atoms with Crippen LogP contribution in [0.2, 0.25) is 0 Å². The zero-order valence-electron chi connectivity index (χ0n) is 8.87. The lowest BCUT2D eigenvalue weighted by Crippen LogP contribution is -2.12. The molecule has 0 amide bonds. The first-order valence-corrected chi connectivity index (χ1v) is 4.46. The Hall–Kier alpha value is -2.35. The van der Waals surface area contributed by atoms with Crippen molar-refractivity contribution in [2.75, 3.05) is 19.2 Å². The molecule has 0 bridgehead atoms. The van der Waals surface area contributed by atoms with Gasteiger partial charge in [-0.2, -0.15) is 0 Å². The lowest BCUT2D eigenvalue weighted by Gasteiger charge is -2.07. The molecule has 1 rings (SSSR count). The predicted molar refractivity (Wildman–Crippen MR) is 56.9 cm³/mol. The summed E-state index contributed by atoms with van der Waals surface area (Å²) in [5.74, 6) is -0.867. The Morgan fingerprint density at radius 1 is 1.59 bits per heavy atom. The number of nitro benzene ring substituents is 1. The average molecular weight is 242 g/mol. The number of hydrogen-bond donors (Lipinski definition) is 2. The van der Waals surface area contributed by atoms with Crippen LogP contribution in [-0.4, -0.2) is 29.7 Å². The maximum atomic E-state index is 10.7. The van der Waals surface area contributed by atoms with Gasteiger partial charge in [-0.15, -0.1) is 0 Å². The van der Waals surface area contributed by atoms with Crippen molar-refractivity contribution >= 4 is 17.3 Å². The van der Waals surface area contributed by atoms with Gasteiger partial charge in [-0.25, -0.2) is 4.79 Å². The number of carboxylic acids is 1.